The number of nitrogens with one attached hydrogen (secondary N) is 1. The summed E-state index contributed by atoms with van der Waals surface area (Å²) in [6.07, 6.45) is 0. The molecule has 1 N–H and O–H groups in total. The largest absolute Gasteiger partial charge is 0.303 e. The van der Waals surface area contributed by atoms with Gasteiger partial charge in [-0.15, -0.1) is 0 Å². The molecule has 0 aliphatic rings. The van der Waals surface area contributed by atoms with Gasteiger partial charge in [0.25, 0.3) is 0 Å². The van der Waals surface area contributed by atoms with Crippen molar-refractivity contribution < 1.29 is 8.42 Å². The number of rotatable bonds is 7. The lowest BCUT2D eigenvalue weighted by Gasteiger charge is -2.18. The third kappa shape index (κ3) is 4.40. The summed E-state index contributed by atoms with van der Waals surface area (Å²) in [5, 5.41) is 0. The van der Waals surface area contributed by atoms with Crippen LogP contribution in [-0.4, -0.2) is 39.5 Å². The number of likely N-dealkylation sites (N-methyl/N-ethyl adjacent to an activating group) is 1. The van der Waals surface area contributed by atoms with Crippen LogP contribution in [0.3, 0.4) is 0 Å². The molecule has 18 heavy (non-hydrogen) atoms. The highest BCUT2D eigenvalue weighted by Gasteiger charge is 2.13. The van der Waals surface area contributed by atoms with Crippen LogP contribution in [-0.2, 0) is 10.0 Å². The smallest absolute Gasteiger partial charge is 0.240 e. The van der Waals surface area contributed by atoms with Crippen LogP contribution in [0.25, 0.3) is 0 Å². The zero-order valence-electron chi connectivity index (χ0n) is 11.3. The fraction of sp³-hybridized carbons (Fsp3) is 0.538. The highest BCUT2D eigenvalue weighted by molar-refractivity contribution is 7.89. The molecule has 0 saturated carbocycles. The van der Waals surface area contributed by atoms with Crippen LogP contribution in [0, 0.1) is 6.92 Å². The van der Waals surface area contributed by atoms with E-state index in [0.29, 0.717) is 11.4 Å². The Hall–Kier alpha value is -0.910. The molecule has 0 aliphatic heterocycles. The minimum atomic E-state index is -3.37. The molecule has 0 aliphatic carbocycles. The lowest BCUT2D eigenvalue weighted by Crippen LogP contribution is -2.34. The summed E-state index contributed by atoms with van der Waals surface area (Å²) < 4.78 is 26.7. The second-order valence-electron chi connectivity index (χ2n) is 4.24. The van der Waals surface area contributed by atoms with Crippen molar-refractivity contribution in [2.45, 2.75) is 25.7 Å². The van der Waals surface area contributed by atoms with E-state index in [4.69, 9.17) is 0 Å². The number of sulfonamides is 1. The molecule has 0 saturated heterocycles. The van der Waals surface area contributed by atoms with Crippen molar-refractivity contribution in [1.29, 1.82) is 0 Å². The maximum Gasteiger partial charge on any atom is 0.240 e. The van der Waals surface area contributed by atoms with E-state index in [1.807, 2.05) is 13.0 Å². The van der Waals surface area contributed by atoms with Crippen molar-refractivity contribution in [3.05, 3.63) is 29.8 Å². The average molecular weight is 270 g/mol. The molecule has 0 amide bonds. The summed E-state index contributed by atoms with van der Waals surface area (Å²) in [6, 6.07) is 6.94. The molecule has 0 atom stereocenters. The highest BCUT2D eigenvalue weighted by atomic mass is 32.2. The zero-order valence-corrected chi connectivity index (χ0v) is 12.1. The molecule has 0 heterocycles. The predicted molar refractivity (Wildman–Crippen MR) is 74.2 cm³/mol. The first-order valence-electron chi connectivity index (χ1n) is 6.28. The summed E-state index contributed by atoms with van der Waals surface area (Å²) in [6.45, 7) is 9.06. The van der Waals surface area contributed by atoms with Gasteiger partial charge in [-0.25, -0.2) is 13.1 Å². The van der Waals surface area contributed by atoms with E-state index < -0.39 is 10.0 Å². The van der Waals surface area contributed by atoms with Crippen molar-refractivity contribution in [1.82, 2.24) is 9.62 Å². The molecule has 102 valence electrons. The van der Waals surface area contributed by atoms with Crippen molar-refractivity contribution in [3.8, 4) is 0 Å². The molecule has 1 aromatic rings. The monoisotopic (exact) mass is 270 g/mol. The Morgan fingerprint density at radius 3 is 2.44 bits per heavy atom. The van der Waals surface area contributed by atoms with Crippen LogP contribution in [0.2, 0.25) is 0 Å². The molecule has 0 spiro atoms. The quantitative estimate of drug-likeness (QED) is 0.819. The van der Waals surface area contributed by atoms with Crippen molar-refractivity contribution >= 4 is 10.0 Å². The average Bonchev–Trinajstić information content (AvgIpc) is 2.34. The van der Waals surface area contributed by atoms with E-state index in [9.17, 15) is 8.42 Å². The van der Waals surface area contributed by atoms with Gasteiger partial charge in [0.15, 0.2) is 0 Å². The van der Waals surface area contributed by atoms with Crippen molar-refractivity contribution in [2.75, 3.05) is 26.2 Å². The lowest BCUT2D eigenvalue weighted by atomic mass is 10.2. The normalized spacial score (nSPS) is 12.0. The van der Waals surface area contributed by atoms with Gasteiger partial charge in [-0.2, -0.15) is 0 Å². The molecular formula is C13H22N2O2S. The third-order valence-corrected chi connectivity index (χ3v) is 4.37. The maximum atomic E-state index is 12.0. The van der Waals surface area contributed by atoms with Gasteiger partial charge in [0.1, 0.15) is 0 Å². The van der Waals surface area contributed by atoms with Gasteiger partial charge < -0.3 is 4.90 Å². The Kier molecular flexibility index (Phi) is 5.78. The van der Waals surface area contributed by atoms with E-state index in [-0.39, 0.29) is 0 Å². The maximum absolute atomic E-state index is 12.0. The molecule has 0 bridgehead atoms. The Labute approximate surface area is 110 Å². The first kappa shape index (κ1) is 15.1. The fourth-order valence-corrected chi connectivity index (χ4v) is 2.87. The van der Waals surface area contributed by atoms with E-state index in [1.165, 1.54) is 0 Å². The van der Waals surface area contributed by atoms with Crippen LogP contribution in [0.4, 0.5) is 0 Å². The molecule has 0 unspecified atom stereocenters. The SMILES string of the molecule is CCN(CC)CCNS(=O)(=O)c1cccc(C)c1. The fourth-order valence-electron chi connectivity index (χ4n) is 1.74. The second-order valence-corrected chi connectivity index (χ2v) is 6.01. The Balaban J connectivity index is 2.60. The minimum absolute atomic E-state index is 0.335. The Morgan fingerprint density at radius 1 is 1.22 bits per heavy atom. The van der Waals surface area contributed by atoms with Gasteiger partial charge in [-0.3, -0.25) is 0 Å². The van der Waals surface area contributed by atoms with Gasteiger partial charge in [0.2, 0.25) is 10.0 Å². The molecule has 1 aromatic carbocycles. The van der Waals surface area contributed by atoms with Crippen molar-refractivity contribution in [3.63, 3.8) is 0 Å². The first-order valence-corrected chi connectivity index (χ1v) is 7.76. The molecule has 5 heteroatoms. The van der Waals surface area contributed by atoms with E-state index >= 15 is 0 Å². The van der Waals surface area contributed by atoms with Gasteiger partial charge in [-0.1, -0.05) is 26.0 Å². The van der Waals surface area contributed by atoms with Crippen molar-refractivity contribution in [2.24, 2.45) is 0 Å². The molecule has 0 aromatic heterocycles. The van der Waals surface area contributed by atoms with Gasteiger partial charge in [0, 0.05) is 13.1 Å². The van der Waals surface area contributed by atoms with Gasteiger partial charge >= 0.3 is 0 Å². The van der Waals surface area contributed by atoms with Crippen LogP contribution >= 0.6 is 0 Å². The zero-order chi connectivity index (χ0) is 13.6. The summed E-state index contributed by atoms with van der Waals surface area (Å²) in [4.78, 5) is 2.51. The molecule has 0 fully saturated rings. The Morgan fingerprint density at radius 2 is 1.89 bits per heavy atom. The molecule has 4 nitrogen and oxygen atoms in total. The molecule has 1 rings (SSSR count). The van der Waals surface area contributed by atoms with E-state index in [0.717, 1.165) is 25.2 Å². The van der Waals surface area contributed by atoms with Crippen LogP contribution in [0.5, 0.6) is 0 Å². The topological polar surface area (TPSA) is 49.4 Å². The van der Waals surface area contributed by atoms with Gasteiger partial charge in [0.05, 0.1) is 4.90 Å². The number of benzene rings is 1. The van der Waals surface area contributed by atoms with Crippen LogP contribution in [0.1, 0.15) is 19.4 Å². The highest BCUT2D eigenvalue weighted by Crippen LogP contribution is 2.10. The first-order chi connectivity index (χ1) is 8.49. The van der Waals surface area contributed by atoms with Gasteiger partial charge in [-0.05, 0) is 37.7 Å². The number of hydrogen-bond acceptors (Lipinski definition) is 3. The van der Waals surface area contributed by atoms with Crippen LogP contribution in [0.15, 0.2) is 29.2 Å². The standard InChI is InChI=1S/C13H22N2O2S/c1-4-15(5-2)10-9-14-18(16,17)13-8-6-7-12(3)11-13/h6-8,11,14H,4-5,9-10H2,1-3H3. The second kappa shape index (κ2) is 6.87. The number of nitrogens with zero attached hydrogens (tertiary/aromatic N) is 1. The van der Waals surface area contributed by atoms with Crippen LogP contribution < -0.4 is 4.72 Å². The summed E-state index contributed by atoms with van der Waals surface area (Å²) in [7, 11) is -3.37. The number of hydrogen-bond donors (Lipinski definition) is 1. The third-order valence-electron chi connectivity index (χ3n) is 2.91. The Bertz CT molecular complexity index is 468. The van der Waals surface area contributed by atoms with E-state index in [1.54, 1.807) is 18.2 Å². The van der Waals surface area contributed by atoms with E-state index in [2.05, 4.69) is 23.5 Å². The molecule has 0 radical (unpaired) electrons. The lowest BCUT2D eigenvalue weighted by molar-refractivity contribution is 0.309. The number of aryl methyl sites for hydroxylation is 1. The summed E-state index contributed by atoms with van der Waals surface area (Å²) in [5.41, 5.74) is 0.946. The minimum Gasteiger partial charge on any atom is -0.303 e. The molecular weight excluding hydrogens is 248 g/mol. The predicted octanol–water partition coefficient (Wildman–Crippen LogP) is 1.62. The summed E-state index contributed by atoms with van der Waals surface area (Å²) in [5.74, 6) is 0. The summed E-state index contributed by atoms with van der Waals surface area (Å²) >= 11 is 0.